The van der Waals surface area contributed by atoms with Gasteiger partial charge in [-0.2, -0.15) is 0 Å². The molecule has 0 aliphatic carbocycles. The average Bonchev–Trinajstić information content (AvgIpc) is 3.15. The van der Waals surface area contributed by atoms with Crippen LogP contribution in [0.4, 0.5) is 17.1 Å². The third kappa shape index (κ3) is 4.11. The SMILES string of the molecule is CN1Nc2cc3c(cc2N1)N(C)C(=O)[C@@H](NC(=O)c1cc(Oc2ccccc2)ccn1)CO3. The molecule has 0 unspecified atom stereocenters. The zero-order chi connectivity index (χ0) is 22.9. The Morgan fingerprint density at radius 1 is 1.09 bits per heavy atom. The van der Waals surface area contributed by atoms with Crippen molar-refractivity contribution in [1.82, 2.24) is 15.4 Å². The highest BCUT2D eigenvalue weighted by molar-refractivity contribution is 6.03. The third-order valence-corrected chi connectivity index (χ3v) is 5.32. The van der Waals surface area contributed by atoms with Crippen LogP contribution in [0.1, 0.15) is 10.5 Å². The second-order valence-electron chi connectivity index (χ2n) is 7.67. The molecule has 10 nitrogen and oxygen atoms in total. The summed E-state index contributed by atoms with van der Waals surface area (Å²) < 4.78 is 11.7. The number of benzene rings is 2. The van der Waals surface area contributed by atoms with Crippen LogP contribution < -0.4 is 30.5 Å². The van der Waals surface area contributed by atoms with Gasteiger partial charge in [-0.1, -0.05) is 18.2 Å². The minimum Gasteiger partial charge on any atom is -0.489 e. The van der Waals surface area contributed by atoms with E-state index in [-0.39, 0.29) is 18.2 Å². The van der Waals surface area contributed by atoms with Crippen LogP contribution in [0.2, 0.25) is 0 Å². The minimum absolute atomic E-state index is 0.00975. The molecule has 3 N–H and O–H groups in total. The highest BCUT2D eigenvalue weighted by Gasteiger charge is 2.32. The topological polar surface area (TPSA) is 108 Å². The molecule has 2 aromatic carbocycles. The lowest BCUT2D eigenvalue weighted by molar-refractivity contribution is -0.120. The maximum atomic E-state index is 13.1. The molecule has 2 aliphatic heterocycles. The Labute approximate surface area is 190 Å². The van der Waals surface area contributed by atoms with E-state index in [4.69, 9.17) is 9.47 Å². The first-order valence-corrected chi connectivity index (χ1v) is 10.3. The lowest BCUT2D eigenvalue weighted by Gasteiger charge is -2.20. The number of fused-ring (bicyclic) bond motifs is 2. The van der Waals surface area contributed by atoms with Gasteiger partial charge in [-0.05, 0) is 24.3 Å². The number of nitrogens with zero attached hydrogens (tertiary/aromatic N) is 3. The fraction of sp³-hybridized carbons (Fsp3) is 0.174. The van der Waals surface area contributed by atoms with Gasteiger partial charge in [0.2, 0.25) is 0 Å². The molecule has 0 fully saturated rings. The summed E-state index contributed by atoms with van der Waals surface area (Å²) in [5.41, 5.74) is 8.66. The van der Waals surface area contributed by atoms with Crippen molar-refractivity contribution in [3.8, 4) is 17.2 Å². The van der Waals surface area contributed by atoms with E-state index in [0.717, 1.165) is 11.4 Å². The number of amides is 2. The minimum atomic E-state index is -0.881. The Bertz CT molecular complexity index is 1220. The molecule has 0 saturated heterocycles. The van der Waals surface area contributed by atoms with E-state index in [1.54, 1.807) is 18.2 Å². The third-order valence-electron chi connectivity index (χ3n) is 5.32. The van der Waals surface area contributed by atoms with Gasteiger partial charge >= 0.3 is 0 Å². The Balaban J connectivity index is 1.31. The largest absolute Gasteiger partial charge is 0.489 e. The molecule has 2 amide bonds. The number of para-hydroxylation sites is 1. The molecule has 0 radical (unpaired) electrons. The Kier molecular flexibility index (Phi) is 5.19. The first-order valence-electron chi connectivity index (χ1n) is 10.3. The van der Waals surface area contributed by atoms with Gasteiger partial charge in [0.25, 0.3) is 11.8 Å². The van der Waals surface area contributed by atoms with Gasteiger partial charge in [0.15, 0.2) is 0 Å². The van der Waals surface area contributed by atoms with E-state index >= 15 is 0 Å². The summed E-state index contributed by atoms with van der Waals surface area (Å²) >= 11 is 0. The Hall–Kier alpha value is -4.31. The number of carbonyl (C=O) groups is 2. The second-order valence-corrected chi connectivity index (χ2v) is 7.67. The molecular weight excluding hydrogens is 424 g/mol. The molecule has 5 rings (SSSR count). The van der Waals surface area contributed by atoms with Crippen molar-refractivity contribution in [1.29, 1.82) is 0 Å². The van der Waals surface area contributed by atoms with Crippen molar-refractivity contribution in [3.05, 3.63) is 66.5 Å². The summed E-state index contributed by atoms with van der Waals surface area (Å²) in [6, 6.07) is 15.2. The van der Waals surface area contributed by atoms with Gasteiger partial charge in [-0.3, -0.25) is 25.4 Å². The van der Waals surface area contributed by atoms with Gasteiger partial charge in [-0.25, -0.2) is 0 Å². The highest BCUT2D eigenvalue weighted by Crippen LogP contribution is 2.40. The summed E-state index contributed by atoms with van der Waals surface area (Å²) in [6.07, 6.45) is 1.49. The zero-order valence-corrected chi connectivity index (χ0v) is 18.0. The smallest absolute Gasteiger partial charge is 0.270 e. The first kappa shape index (κ1) is 20.6. The van der Waals surface area contributed by atoms with E-state index in [1.165, 1.54) is 17.2 Å². The normalized spacial score (nSPS) is 17.1. The van der Waals surface area contributed by atoms with Crippen LogP contribution in [0.15, 0.2) is 60.8 Å². The predicted molar refractivity (Wildman–Crippen MR) is 122 cm³/mol. The summed E-state index contributed by atoms with van der Waals surface area (Å²) in [5.74, 6) is 0.861. The fourth-order valence-corrected chi connectivity index (χ4v) is 3.68. The van der Waals surface area contributed by atoms with E-state index in [1.807, 2.05) is 49.5 Å². The summed E-state index contributed by atoms with van der Waals surface area (Å²) in [5, 5.41) is 4.44. The lowest BCUT2D eigenvalue weighted by Crippen LogP contribution is -2.49. The predicted octanol–water partition coefficient (Wildman–Crippen LogP) is 2.63. The van der Waals surface area contributed by atoms with Gasteiger partial charge < -0.3 is 19.7 Å². The summed E-state index contributed by atoms with van der Waals surface area (Å²) in [7, 11) is 3.49. The number of anilines is 3. The van der Waals surface area contributed by atoms with E-state index in [0.29, 0.717) is 22.9 Å². The molecule has 3 aromatic rings. The van der Waals surface area contributed by atoms with Crippen LogP contribution >= 0.6 is 0 Å². The van der Waals surface area contributed by atoms with Gasteiger partial charge in [0, 0.05) is 32.4 Å². The number of hydrazine groups is 2. The van der Waals surface area contributed by atoms with Crippen molar-refractivity contribution in [2.75, 3.05) is 36.5 Å². The van der Waals surface area contributed by atoms with Gasteiger partial charge in [0.05, 0.1) is 17.1 Å². The number of likely N-dealkylation sites (N-methyl/N-ethyl adjacent to an activating group) is 1. The first-order chi connectivity index (χ1) is 16.0. The van der Waals surface area contributed by atoms with Crippen molar-refractivity contribution in [2.45, 2.75) is 6.04 Å². The summed E-state index contributed by atoms with van der Waals surface area (Å²) in [6.45, 7) is -0.00975. The molecule has 2 aliphatic rings. The fourth-order valence-electron chi connectivity index (χ4n) is 3.68. The lowest BCUT2D eigenvalue weighted by atomic mass is 10.2. The summed E-state index contributed by atoms with van der Waals surface area (Å²) in [4.78, 5) is 31.6. The van der Waals surface area contributed by atoms with Crippen molar-refractivity contribution < 1.29 is 19.1 Å². The number of hydrogen-bond donors (Lipinski definition) is 3. The Morgan fingerprint density at radius 3 is 2.64 bits per heavy atom. The molecule has 0 saturated carbocycles. The molecule has 3 heterocycles. The van der Waals surface area contributed by atoms with Crippen molar-refractivity contribution in [3.63, 3.8) is 0 Å². The van der Waals surface area contributed by atoms with Crippen molar-refractivity contribution >= 4 is 28.9 Å². The molecule has 168 valence electrons. The number of aromatic nitrogens is 1. The second kappa shape index (κ2) is 8.32. The molecule has 0 bridgehead atoms. The van der Waals surface area contributed by atoms with Crippen LogP contribution in [-0.2, 0) is 4.79 Å². The number of ether oxygens (including phenoxy) is 2. The monoisotopic (exact) mass is 446 g/mol. The van der Waals surface area contributed by atoms with E-state index in [9.17, 15) is 9.59 Å². The van der Waals surface area contributed by atoms with E-state index in [2.05, 4.69) is 21.2 Å². The van der Waals surface area contributed by atoms with Crippen LogP contribution in [0.3, 0.4) is 0 Å². The number of carbonyl (C=O) groups excluding carboxylic acids is 2. The molecule has 33 heavy (non-hydrogen) atoms. The number of pyridine rings is 1. The van der Waals surface area contributed by atoms with Crippen LogP contribution in [0.5, 0.6) is 17.2 Å². The van der Waals surface area contributed by atoms with E-state index < -0.39 is 11.9 Å². The van der Waals surface area contributed by atoms with Gasteiger partial charge in [-0.15, -0.1) is 5.12 Å². The number of nitrogens with one attached hydrogen (secondary N) is 3. The van der Waals surface area contributed by atoms with Crippen LogP contribution in [0.25, 0.3) is 0 Å². The van der Waals surface area contributed by atoms with Crippen molar-refractivity contribution in [2.24, 2.45) is 0 Å². The standard InChI is InChI=1S/C23H22N6O4/c1-28-20-11-16-17(27-29(2)26-16)12-21(20)32-13-19(23(28)31)25-22(30)18-10-15(8-9-24-18)33-14-6-4-3-5-7-14/h3-12,19,26-27H,13H2,1-2H3,(H,25,30)/t19-/m0/s1. The Morgan fingerprint density at radius 2 is 1.85 bits per heavy atom. The maximum Gasteiger partial charge on any atom is 0.270 e. The average molecular weight is 446 g/mol. The number of hydrogen-bond acceptors (Lipinski definition) is 8. The molecule has 10 heteroatoms. The molecular formula is C23H22N6O4. The quantitative estimate of drug-likeness (QED) is 0.561. The van der Waals surface area contributed by atoms with Crippen LogP contribution in [0, 0.1) is 0 Å². The number of rotatable bonds is 4. The maximum absolute atomic E-state index is 13.1. The zero-order valence-electron chi connectivity index (χ0n) is 18.0. The molecule has 0 spiro atoms. The highest BCUT2D eigenvalue weighted by atomic mass is 16.5. The van der Waals surface area contributed by atoms with Crippen LogP contribution in [-0.4, -0.2) is 48.7 Å². The van der Waals surface area contributed by atoms with Gasteiger partial charge in [0.1, 0.15) is 35.6 Å². The molecule has 1 aromatic heterocycles. The molecule has 1 atom stereocenters.